The van der Waals surface area contributed by atoms with E-state index >= 15 is 0 Å². The van der Waals surface area contributed by atoms with E-state index in [1.807, 2.05) is 30.3 Å². The maximum Gasteiger partial charge on any atom is 0.423 e. The van der Waals surface area contributed by atoms with Gasteiger partial charge in [-0.2, -0.15) is 0 Å². The Morgan fingerprint density at radius 2 is 1.29 bits per heavy atom. The summed E-state index contributed by atoms with van der Waals surface area (Å²) in [5.74, 6) is 0.539. The molecule has 0 N–H and O–H groups in total. The summed E-state index contributed by atoms with van der Waals surface area (Å²) < 4.78 is 4.95. The van der Waals surface area contributed by atoms with Gasteiger partial charge in [0.05, 0.1) is 0 Å². The van der Waals surface area contributed by atoms with Gasteiger partial charge >= 0.3 is 6.47 Å². The Morgan fingerprint density at radius 3 is 2.19 bits per heavy atom. The lowest BCUT2D eigenvalue weighted by Gasteiger charge is -2.09. The molecule has 21 heavy (non-hydrogen) atoms. The summed E-state index contributed by atoms with van der Waals surface area (Å²) >= 11 is 0. The SMILES string of the molecule is O=[C]Oc1cccc2c1ccc1c3ccccc3ccc21. The second-order valence-electron chi connectivity index (χ2n) is 4.98. The minimum atomic E-state index is 0.539. The summed E-state index contributed by atoms with van der Waals surface area (Å²) in [6, 6.07) is 22.4. The normalized spacial score (nSPS) is 11.0. The van der Waals surface area contributed by atoms with Crippen LogP contribution in [0.4, 0.5) is 0 Å². The first-order chi connectivity index (χ1) is 10.4. The number of rotatable bonds is 2. The van der Waals surface area contributed by atoms with Gasteiger partial charge in [-0.05, 0) is 39.1 Å². The Hall–Kier alpha value is -2.87. The van der Waals surface area contributed by atoms with E-state index in [-0.39, 0.29) is 0 Å². The third kappa shape index (κ3) is 1.77. The van der Waals surface area contributed by atoms with E-state index in [0.717, 1.165) is 16.2 Å². The highest BCUT2D eigenvalue weighted by Gasteiger charge is 2.07. The summed E-state index contributed by atoms with van der Waals surface area (Å²) in [6.45, 7) is 1.50. The molecular formula is C19H11O2. The van der Waals surface area contributed by atoms with E-state index in [9.17, 15) is 4.79 Å². The first kappa shape index (κ1) is 11.9. The van der Waals surface area contributed by atoms with Gasteiger partial charge in [0.1, 0.15) is 5.75 Å². The maximum absolute atomic E-state index is 10.5. The molecule has 0 aliphatic heterocycles. The van der Waals surface area contributed by atoms with Gasteiger partial charge in [0.2, 0.25) is 0 Å². The van der Waals surface area contributed by atoms with Crippen molar-refractivity contribution in [3.8, 4) is 5.75 Å². The highest BCUT2D eigenvalue weighted by molar-refractivity contribution is 6.18. The van der Waals surface area contributed by atoms with Gasteiger partial charge in [0.25, 0.3) is 0 Å². The standard InChI is InChI=1S/C19H11O2/c20-12-21-19-7-3-6-15-17-9-8-13-4-1-2-5-14(13)16(17)10-11-18(15)19/h1-11H. The van der Waals surface area contributed by atoms with E-state index in [0.29, 0.717) is 5.75 Å². The van der Waals surface area contributed by atoms with Crippen molar-refractivity contribution in [2.24, 2.45) is 0 Å². The minimum absolute atomic E-state index is 0.539. The van der Waals surface area contributed by atoms with Crippen molar-refractivity contribution in [3.05, 3.63) is 66.7 Å². The van der Waals surface area contributed by atoms with E-state index in [1.165, 1.54) is 22.6 Å². The molecule has 0 saturated carbocycles. The van der Waals surface area contributed by atoms with Gasteiger partial charge in [-0.1, -0.05) is 54.6 Å². The lowest BCUT2D eigenvalue weighted by molar-refractivity contribution is 0.445. The van der Waals surface area contributed by atoms with Crippen LogP contribution in [0.15, 0.2) is 66.7 Å². The third-order valence-electron chi connectivity index (χ3n) is 3.90. The van der Waals surface area contributed by atoms with E-state index < -0.39 is 0 Å². The molecule has 0 atom stereocenters. The number of hydrogen-bond acceptors (Lipinski definition) is 2. The van der Waals surface area contributed by atoms with Crippen LogP contribution < -0.4 is 4.74 Å². The van der Waals surface area contributed by atoms with Crippen LogP contribution in [0.5, 0.6) is 5.75 Å². The van der Waals surface area contributed by atoms with E-state index in [2.05, 4.69) is 30.3 Å². The molecule has 0 aliphatic carbocycles. The van der Waals surface area contributed by atoms with Crippen molar-refractivity contribution in [3.63, 3.8) is 0 Å². The van der Waals surface area contributed by atoms with Crippen molar-refractivity contribution in [1.29, 1.82) is 0 Å². The molecule has 4 aromatic rings. The molecule has 4 rings (SSSR count). The molecule has 1 radical (unpaired) electrons. The van der Waals surface area contributed by atoms with Crippen molar-refractivity contribution in [1.82, 2.24) is 0 Å². The molecule has 99 valence electrons. The van der Waals surface area contributed by atoms with Gasteiger partial charge in [-0.15, -0.1) is 0 Å². The molecule has 0 bridgehead atoms. The number of carbonyl (C=O) groups excluding carboxylic acids is 1. The number of benzene rings is 4. The van der Waals surface area contributed by atoms with Crippen LogP contribution in [0.2, 0.25) is 0 Å². The van der Waals surface area contributed by atoms with Gasteiger partial charge in [-0.3, -0.25) is 0 Å². The van der Waals surface area contributed by atoms with Crippen LogP contribution in [0, 0.1) is 0 Å². The van der Waals surface area contributed by atoms with Crippen molar-refractivity contribution in [2.75, 3.05) is 0 Å². The second-order valence-corrected chi connectivity index (χ2v) is 4.98. The van der Waals surface area contributed by atoms with Crippen LogP contribution in [0.1, 0.15) is 0 Å². The van der Waals surface area contributed by atoms with Gasteiger partial charge in [0, 0.05) is 5.39 Å². The smallest absolute Gasteiger partial charge is 0.417 e. The molecule has 0 saturated heterocycles. The third-order valence-corrected chi connectivity index (χ3v) is 3.90. The Bertz CT molecular complexity index is 986. The fourth-order valence-electron chi connectivity index (χ4n) is 2.96. The largest absolute Gasteiger partial charge is 0.423 e. The topological polar surface area (TPSA) is 26.3 Å². The predicted octanol–water partition coefficient (Wildman–Crippen LogP) is 4.59. The molecule has 2 heteroatoms. The molecular weight excluding hydrogens is 260 g/mol. The van der Waals surface area contributed by atoms with Gasteiger partial charge in [0.15, 0.2) is 0 Å². The zero-order valence-electron chi connectivity index (χ0n) is 11.2. The first-order valence-corrected chi connectivity index (χ1v) is 6.76. The average Bonchev–Trinajstić information content (AvgIpc) is 2.55. The zero-order valence-corrected chi connectivity index (χ0v) is 11.2. The lowest BCUT2D eigenvalue weighted by atomic mass is 9.97. The molecule has 0 fully saturated rings. The number of ether oxygens (including phenoxy) is 1. The molecule has 0 aromatic heterocycles. The Labute approximate surface area is 121 Å². The Morgan fingerprint density at radius 1 is 0.619 bits per heavy atom. The Kier molecular flexibility index (Phi) is 2.61. The monoisotopic (exact) mass is 271 g/mol. The van der Waals surface area contributed by atoms with E-state index in [4.69, 9.17) is 4.74 Å². The predicted molar refractivity (Wildman–Crippen MR) is 85.3 cm³/mol. The molecule has 2 nitrogen and oxygen atoms in total. The van der Waals surface area contributed by atoms with Crippen molar-refractivity contribution < 1.29 is 9.53 Å². The first-order valence-electron chi connectivity index (χ1n) is 6.76. The summed E-state index contributed by atoms with van der Waals surface area (Å²) in [6.07, 6.45) is 0. The molecule has 0 heterocycles. The van der Waals surface area contributed by atoms with Gasteiger partial charge < -0.3 is 4.74 Å². The summed E-state index contributed by atoms with van der Waals surface area (Å²) in [5.41, 5.74) is 0. The number of hydrogen-bond donors (Lipinski definition) is 0. The molecule has 0 spiro atoms. The van der Waals surface area contributed by atoms with Crippen LogP contribution in [0.3, 0.4) is 0 Å². The summed E-state index contributed by atoms with van der Waals surface area (Å²) in [4.78, 5) is 10.5. The van der Waals surface area contributed by atoms with Crippen molar-refractivity contribution in [2.45, 2.75) is 0 Å². The average molecular weight is 271 g/mol. The fraction of sp³-hybridized carbons (Fsp3) is 0. The van der Waals surface area contributed by atoms with E-state index in [1.54, 1.807) is 6.07 Å². The number of fused-ring (bicyclic) bond motifs is 5. The Balaban J connectivity index is 2.17. The maximum atomic E-state index is 10.5. The summed E-state index contributed by atoms with van der Waals surface area (Å²) in [5, 5.41) is 6.80. The molecule has 0 aliphatic rings. The van der Waals surface area contributed by atoms with Crippen LogP contribution in [-0.4, -0.2) is 6.47 Å². The zero-order chi connectivity index (χ0) is 14.2. The van der Waals surface area contributed by atoms with Crippen LogP contribution in [-0.2, 0) is 4.79 Å². The highest BCUT2D eigenvalue weighted by Crippen LogP contribution is 2.34. The summed E-state index contributed by atoms with van der Waals surface area (Å²) in [7, 11) is 0. The van der Waals surface area contributed by atoms with Crippen molar-refractivity contribution >= 4 is 38.8 Å². The van der Waals surface area contributed by atoms with Crippen LogP contribution >= 0.6 is 0 Å². The minimum Gasteiger partial charge on any atom is -0.417 e. The quantitative estimate of drug-likeness (QED) is 0.498. The van der Waals surface area contributed by atoms with Gasteiger partial charge in [-0.25, -0.2) is 4.79 Å². The lowest BCUT2D eigenvalue weighted by Crippen LogP contribution is -1.90. The molecule has 0 amide bonds. The molecule has 4 aromatic carbocycles. The fourth-order valence-corrected chi connectivity index (χ4v) is 2.96. The van der Waals surface area contributed by atoms with Crippen LogP contribution in [0.25, 0.3) is 32.3 Å². The highest BCUT2D eigenvalue weighted by atomic mass is 16.5. The second kappa shape index (κ2) is 4.60. The molecule has 0 unspecified atom stereocenters.